The second-order valence-electron chi connectivity index (χ2n) is 3.52. The van der Waals surface area contributed by atoms with Crippen LogP contribution in [0.3, 0.4) is 0 Å². The summed E-state index contributed by atoms with van der Waals surface area (Å²) in [4.78, 5) is 0. The second kappa shape index (κ2) is 3.59. The summed E-state index contributed by atoms with van der Waals surface area (Å²) in [5, 5.41) is 3.70. The smallest absolute Gasteiger partial charge is 0.316 e. The Kier molecular flexibility index (Phi) is 2.38. The van der Waals surface area contributed by atoms with Gasteiger partial charge in [0.2, 0.25) is 0 Å². The lowest BCUT2D eigenvalue weighted by molar-refractivity contribution is 0.0374. The predicted octanol–water partition coefficient (Wildman–Crippen LogP) is 2.14. The number of hydrogen-bond donors (Lipinski definition) is 1. The molecule has 84 valence electrons. The summed E-state index contributed by atoms with van der Waals surface area (Å²) in [5.74, 6) is -2.90. The highest BCUT2D eigenvalue weighted by Gasteiger charge is 2.36. The number of halogens is 2. The Morgan fingerprint density at radius 3 is 2.38 bits per heavy atom. The zero-order valence-corrected chi connectivity index (χ0v) is 8.69. The van der Waals surface area contributed by atoms with E-state index < -0.39 is 5.92 Å². The molecule has 0 saturated heterocycles. The van der Waals surface area contributed by atoms with Gasteiger partial charge in [-0.1, -0.05) is 30.3 Å². The normalized spacial score (nSPS) is 11.7. The van der Waals surface area contributed by atoms with E-state index in [-0.39, 0.29) is 17.1 Å². The van der Waals surface area contributed by atoms with Crippen LogP contribution in [0.2, 0.25) is 0 Å². The fraction of sp³-hybridized carbons (Fsp3) is 0.182. The van der Waals surface area contributed by atoms with E-state index in [0.29, 0.717) is 0 Å². The maximum absolute atomic E-state index is 14.0. The van der Waals surface area contributed by atoms with Crippen LogP contribution in [-0.2, 0) is 13.0 Å². The molecular weight excluding hydrogens is 212 g/mol. The van der Waals surface area contributed by atoms with Crippen LogP contribution in [0.1, 0.15) is 11.3 Å². The molecule has 0 saturated carbocycles. The van der Waals surface area contributed by atoms with Crippen LogP contribution in [0.4, 0.5) is 14.6 Å². The highest BCUT2D eigenvalue weighted by atomic mass is 19.3. The number of rotatable bonds is 2. The summed E-state index contributed by atoms with van der Waals surface area (Å²) in [6.07, 6.45) is 0. The molecule has 1 aromatic carbocycles. The summed E-state index contributed by atoms with van der Waals surface area (Å²) >= 11 is 0. The molecule has 1 aromatic heterocycles. The molecule has 3 nitrogen and oxygen atoms in total. The molecule has 16 heavy (non-hydrogen) atoms. The number of nitrogen functional groups attached to an aromatic ring is 1. The lowest BCUT2D eigenvalue weighted by Gasteiger charge is -2.13. The minimum atomic E-state index is -3.11. The van der Waals surface area contributed by atoms with Crippen molar-refractivity contribution in [2.45, 2.75) is 5.92 Å². The molecule has 0 amide bonds. The van der Waals surface area contributed by atoms with Gasteiger partial charge in [-0.05, 0) is 0 Å². The van der Waals surface area contributed by atoms with Crippen molar-refractivity contribution >= 4 is 5.82 Å². The fourth-order valence-corrected chi connectivity index (χ4v) is 1.43. The average molecular weight is 223 g/mol. The van der Waals surface area contributed by atoms with E-state index >= 15 is 0 Å². The summed E-state index contributed by atoms with van der Waals surface area (Å²) < 4.78 is 29.1. The molecule has 0 atom stereocenters. The quantitative estimate of drug-likeness (QED) is 0.847. The van der Waals surface area contributed by atoms with E-state index in [1.165, 1.54) is 29.9 Å². The number of aryl methyl sites for hydroxylation is 1. The van der Waals surface area contributed by atoms with Crippen LogP contribution >= 0.6 is 0 Å². The lowest BCUT2D eigenvalue weighted by atomic mass is 10.1. The van der Waals surface area contributed by atoms with Gasteiger partial charge >= 0.3 is 5.92 Å². The van der Waals surface area contributed by atoms with Crippen LogP contribution in [0, 0.1) is 0 Å². The highest BCUT2D eigenvalue weighted by Crippen LogP contribution is 2.34. The molecule has 0 radical (unpaired) electrons. The molecular formula is C11H11F2N3. The van der Waals surface area contributed by atoms with E-state index in [2.05, 4.69) is 5.10 Å². The van der Waals surface area contributed by atoms with E-state index in [1.807, 2.05) is 0 Å². The number of benzene rings is 1. The molecule has 0 aliphatic rings. The minimum Gasteiger partial charge on any atom is -0.384 e. The average Bonchev–Trinajstić information content (AvgIpc) is 2.61. The largest absolute Gasteiger partial charge is 0.384 e. The molecule has 0 aliphatic carbocycles. The Morgan fingerprint density at radius 1 is 1.25 bits per heavy atom. The second-order valence-corrected chi connectivity index (χ2v) is 3.52. The van der Waals surface area contributed by atoms with Crippen molar-refractivity contribution in [2.24, 2.45) is 7.05 Å². The Balaban J connectivity index is 2.46. The van der Waals surface area contributed by atoms with Gasteiger partial charge in [0, 0.05) is 18.7 Å². The Labute approximate surface area is 91.5 Å². The van der Waals surface area contributed by atoms with Crippen LogP contribution < -0.4 is 5.73 Å². The maximum atomic E-state index is 14.0. The van der Waals surface area contributed by atoms with Crippen LogP contribution in [0.25, 0.3) is 0 Å². The molecule has 0 aliphatic heterocycles. The molecule has 0 unspecified atom stereocenters. The third-order valence-electron chi connectivity index (χ3n) is 2.37. The highest BCUT2D eigenvalue weighted by molar-refractivity contribution is 5.37. The number of nitrogens with two attached hydrogens (primary N) is 1. The van der Waals surface area contributed by atoms with Crippen molar-refractivity contribution in [1.29, 1.82) is 0 Å². The molecule has 0 fully saturated rings. The van der Waals surface area contributed by atoms with Crippen molar-refractivity contribution in [3.63, 3.8) is 0 Å². The summed E-state index contributed by atoms with van der Waals surface area (Å²) in [6.45, 7) is 0. The zero-order chi connectivity index (χ0) is 11.8. The number of hydrogen-bond acceptors (Lipinski definition) is 2. The summed E-state index contributed by atoms with van der Waals surface area (Å²) in [6, 6.07) is 8.74. The van der Waals surface area contributed by atoms with E-state index in [0.717, 1.165) is 0 Å². The fourth-order valence-electron chi connectivity index (χ4n) is 1.43. The van der Waals surface area contributed by atoms with Crippen molar-refractivity contribution < 1.29 is 8.78 Å². The van der Waals surface area contributed by atoms with Gasteiger partial charge in [0.25, 0.3) is 0 Å². The van der Waals surface area contributed by atoms with Gasteiger partial charge in [-0.2, -0.15) is 13.9 Å². The zero-order valence-electron chi connectivity index (χ0n) is 8.69. The molecule has 1 heterocycles. The number of alkyl halides is 2. The van der Waals surface area contributed by atoms with Gasteiger partial charge in [0.05, 0.1) is 0 Å². The van der Waals surface area contributed by atoms with E-state index in [9.17, 15) is 8.78 Å². The van der Waals surface area contributed by atoms with E-state index in [4.69, 9.17) is 5.73 Å². The van der Waals surface area contributed by atoms with Gasteiger partial charge in [0.1, 0.15) is 11.5 Å². The molecule has 2 aromatic rings. The Morgan fingerprint density at radius 2 is 1.88 bits per heavy atom. The van der Waals surface area contributed by atoms with E-state index in [1.54, 1.807) is 18.2 Å². The molecule has 5 heteroatoms. The van der Waals surface area contributed by atoms with Gasteiger partial charge in [-0.3, -0.25) is 4.68 Å². The third kappa shape index (κ3) is 1.64. The first kappa shape index (κ1) is 10.6. The predicted molar refractivity (Wildman–Crippen MR) is 57.1 cm³/mol. The molecule has 2 N–H and O–H groups in total. The molecule has 0 spiro atoms. The van der Waals surface area contributed by atoms with Gasteiger partial charge in [-0.25, -0.2) is 0 Å². The minimum absolute atomic E-state index is 0.0897. The SMILES string of the molecule is Cn1nc(C(F)(F)c2ccccc2)cc1N. The Bertz CT molecular complexity index is 472. The lowest BCUT2D eigenvalue weighted by Crippen LogP contribution is -2.16. The van der Waals surface area contributed by atoms with Crippen molar-refractivity contribution in [2.75, 3.05) is 5.73 Å². The van der Waals surface area contributed by atoms with Crippen LogP contribution in [-0.4, -0.2) is 9.78 Å². The van der Waals surface area contributed by atoms with Gasteiger partial charge < -0.3 is 5.73 Å². The van der Waals surface area contributed by atoms with Crippen molar-refractivity contribution in [3.05, 3.63) is 47.7 Å². The summed E-state index contributed by atoms with van der Waals surface area (Å²) in [5.41, 5.74) is 5.06. The van der Waals surface area contributed by atoms with Crippen molar-refractivity contribution in [3.8, 4) is 0 Å². The molecule has 0 bridgehead atoms. The standard InChI is InChI=1S/C11H11F2N3/c1-16-10(14)7-9(15-16)11(12,13)8-5-3-2-4-6-8/h2-7H,14H2,1H3. The topological polar surface area (TPSA) is 43.8 Å². The maximum Gasteiger partial charge on any atom is 0.316 e. The number of aromatic nitrogens is 2. The van der Waals surface area contributed by atoms with Crippen molar-refractivity contribution in [1.82, 2.24) is 9.78 Å². The van der Waals surface area contributed by atoms with Crippen LogP contribution in [0.15, 0.2) is 36.4 Å². The first-order valence-corrected chi connectivity index (χ1v) is 4.75. The monoisotopic (exact) mass is 223 g/mol. The third-order valence-corrected chi connectivity index (χ3v) is 2.37. The first-order valence-electron chi connectivity index (χ1n) is 4.75. The van der Waals surface area contributed by atoms with Gasteiger partial charge in [0.15, 0.2) is 0 Å². The Hall–Kier alpha value is -1.91. The molecule has 2 rings (SSSR count). The number of anilines is 1. The van der Waals surface area contributed by atoms with Crippen LogP contribution in [0.5, 0.6) is 0 Å². The van der Waals surface area contributed by atoms with Gasteiger partial charge in [-0.15, -0.1) is 0 Å². The number of nitrogens with zero attached hydrogens (tertiary/aromatic N) is 2. The first-order chi connectivity index (χ1) is 7.51. The summed E-state index contributed by atoms with van der Waals surface area (Å²) in [7, 11) is 1.53.